The van der Waals surface area contributed by atoms with E-state index >= 15 is 0 Å². The van der Waals surface area contributed by atoms with Crippen LogP contribution < -0.4 is 10.5 Å². The van der Waals surface area contributed by atoms with Crippen LogP contribution in [0.25, 0.3) is 0 Å². The van der Waals surface area contributed by atoms with E-state index in [1.54, 1.807) is 6.92 Å². The van der Waals surface area contributed by atoms with Gasteiger partial charge in [-0.05, 0) is 57.3 Å². The van der Waals surface area contributed by atoms with Gasteiger partial charge in [0, 0.05) is 5.69 Å². The number of nitrogens with zero attached hydrogens (tertiary/aromatic N) is 4. The minimum absolute atomic E-state index is 0.0131. The lowest BCUT2D eigenvalue weighted by atomic mass is 10.2. The predicted octanol–water partition coefficient (Wildman–Crippen LogP) is 3.11. The second-order valence-corrected chi connectivity index (χ2v) is 11.0. The molecule has 3 aromatic rings. The number of carbonyl (C=O) groups excluding carboxylic acids is 1. The maximum Gasteiger partial charge on any atom is 0.238 e. The Labute approximate surface area is 204 Å². The quantitative estimate of drug-likeness (QED) is 0.408. The fraction of sp³-hybridized carbons (Fsp3) is 0.348. The van der Waals surface area contributed by atoms with Gasteiger partial charge in [0.05, 0.1) is 22.7 Å². The molecule has 34 heavy (non-hydrogen) atoms. The first kappa shape index (κ1) is 25.9. The van der Waals surface area contributed by atoms with Crippen molar-refractivity contribution in [2.24, 2.45) is 5.14 Å². The molecule has 1 heterocycles. The summed E-state index contributed by atoms with van der Waals surface area (Å²) < 4.78 is 24.9. The molecule has 3 N–H and O–H groups in total. The first-order chi connectivity index (χ1) is 16.1. The number of anilines is 1. The molecule has 2 atom stereocenters. The lowest BCUT2D eigenvalue weighted by molar-refractivity contribution is -0.115. The topological polar surface area (TPSA) is 123 Å². The zero-order chi connectivity index (χ0) is 24.9. The van der Waals surface area contributed by atoms with E-state index in [0.29, 0.717) is 17.4 Å². The van der Waals surface area contributed by atoms with Crippen molar-refractivity contribution in [3.63, 3.8) is 0 Å². The summed E-state index contributed by atoms with van der Waals surface area (Å²) in [6, 6.07) is 15.9. The zero-order valence-electron chi connectivity index (χ0n) is 19.7. The molecule has 11 heteroatoms. The van der Waals surface area contributed by atoms with Crippen LogP contribution in [0.3, 0.4) is 0 Å². The van der Waals surface area contributed by atoms with Gasteiger partial charge in [0.15, 0.2) is 11.0 Å². The van der Waals surface area contributed by atoms with Crippen molar-refractivity contribution in [2.75, 3.05) is 19.4 Å². The highest BCUT2D eigenvalue weighted by Crippen LogP contribution is 2.29. The molecule has 0 unspecified atom stereocenters. The fourth-order valence-corrected chi connectivity index (χ4v) is 4.88. The van der Waals surface area contributed by atoms with E-state index in [9.17, 15) is 13.2 Å². The number of primary sulfonamides is 1. The number of amides is 1. The number of nitrogens with one attached hydrogen (secondary N) is 1. The third kappa shape index (κ3) is 6.44. The number of aromatic nitrogens is 3. The van der Waals surface area contributed by atoms with Crippen LogP contribution in [0, 0.1) is 0 Å². The van der Waals surface area contributed by atoms with E-state index in [0.717, 1.165) is 17.8 Å². The monoisotopic (exact) mass is 502 g/mol. The van der Waals surface area contributed by atoms with Crippen LogP contribution in [0.2, 0.25) is 0 Å². The summed E-state index contributed by atoms with van der Waals surface area (Å²) in [5.41, 5.74) is 1.60. The number of thioether (sulfide) groups is 1. The molecular formula is C23H30N6O3S2. The highest BCUT2D eigenvalue weighted by Gasteiger charge is 2.25. The average molecular weight is 503 g/mol. The highest BCUT2D eigenvalue weighted by atomic mass is 32.2. The third-order valence-electron chi connectivity index (χ3n) is 5.34. The van der Waals surface area contributed by atoms with Gasteiger partial charge in [-0.25, -0.2) is 13.6 Å². The van der Waals surface area contributed by atoms with Crippen LogP contribution in [0.1, 0.15) is 37.7 Å². The van der Waals surface area contributed by atoms with Crippen LogP contribution in [0.15, 0.2) is 64.6 Å². The van der Waals surface area contributed by atoms with Gasteiger partial charge in [0.1, 0.15) is 0 Å². The Hall–Kier alpha value is -2.73. The summed E-state index contributed by atoms with van der Waals surface area (Å²) >= 11 is 1.33. The number of hydrogen-bond donors (Lipinski definition) is 2. The number of rotatable bonds is 10. The SMILES string of the molecule is CC[C@H](c1nnc(S[C@H](C)C(=O)Nc2ccc(S(N)(=O)=O)cc2)n1Cc1ccccc1)N(C)C. The van der Waals surface area contributed by atoms with Gasteiger partial charge in [-0.1, -0.05) is 49.0 Å². The van der Waals surface area contributed by atoms with E-state index in [1.165, 1.54) is 36.0 Å². The molecule has 0 aliphatic rings. The van der Waals surface area contributed by atoms with Crippen molar-refractivity contribution < 1.29 is 13.2 Å². The van der Waals surface area contributed by atoms with Crippen molar-refractivity contribution in [1.82, 2.24) is 19.7 Å². The number of nitrogens with two attached hydrogens (primary N) is 1. The molecule has 1 amide bonds. The second kappa shape index (κ2) is 11.1. The fourth-order valence-electron chi connectivity index (χ4n) is 3.51. The summed E-state index contributed by atoms with van der Waals surface area (Å²) in [5.74, 6) is 0.619. The number of hydrogen-bond acceptors (Lipinski definition) is 7. The molecule has 0 saturated carbocycles. The molecule has 0 spiro atoms. The maximum atomic E-state index is 12.8. The summed E-state index contributed by atoms with van der Waals surface area (Å²) in [4.78, 5) is 14.9. The molecule has 9 nitrogen and oxygen atoms in total. The van der Waals surface area contributed by atoms with Gasteiger partial charge >= 0.3 is 0 Å². The summed E-state index contributed by atoms with van der Waals surface area (Å²) in [7, 11) is 0.240. The van der Waals surface area contributed by atoms with Gasteiger partial charge < -0.3 is 9.88 Å². The van der Waals surface area contributed by atoms with E-state index in [2.05, 4.69) is 44.0 Å². The molecule has 3 rings (SSSR count). The van der Waals surface area contributed by atoms with Gasteiger partial charge in [0.25, 0.3) is 0 Å². The van der Waals surface area contributed by atoms with Crippen molar-refractivity contribution in [3.05, 3.63) is 66.0 Å². The number of sulfonamides is 1. The normalized spacial score (nSPS) is 13.6. The Bertz CT molecular complexity index is 1210. The minimum Gasteiger partial charge on any atom is -0.325 e. The Morgan fingerprint density at radius 1 is 1.12 bits per heavy atom. The molecule has 1 aromatic heterocycles. The van der Waals surface area contributed by atoms with Crippen molar-refractivity contribution >= 4 is 33.4 Å². The van der Waals surface area contributed by atoms with Crippen molar-refractivity contribution in [1.29, 1.82) is 0 Å². The number of benzene rings is 2. The highest BCUT2D eigenvalue weighted by molar-refractivity contribution is 8.00. The van der Waals surface area contributed by atoms with Gasteiger partial charge in [-0.15, -0.1) is 10.2 Å². The predicted molar refractivity (Wildman–Crippen MR) is 134 cm³/mol. The van der Waals surface area contributed by atoms with Crippen molar-refractivity contribution in [3.8, 4) is 0 Å². The summed E-state index contributed by atoms with van der Waals surface area (Å²) in [6.45, 7) is 4.50. The molecule has 0 aliphatic carbocycles. The van der Waals surface area contributed by atoms with E-state index < -0.39 is 15.3 Å². The summed E-state index contributed by atoms with van der Waals surface area (Å²) in [5, 5.41) is 17.0. The van der Waals surface area contributed by atoms with Gasteiger partial charge in [0.2, 0.25) is 15.9 Å². The Morgan fingerprint density at radius 3 is 2.32 bits per heavy atom. The lowest BCUT2D eigenvalue weighted by Crippen LogP contribution is -2.25. The molecular weight excluding hydrogens is 472 g/mol. The van der Waals surface area contributed by atoms with E-state index in [-0.39, 0.29) is 16.8 Å². The molecule has 0 radical (unpaired) electrons. The van der Waals surface area contributed by atoms with E-state index in [1.807, 2.05) is 32.3 Å². The largest absolute Gasteiger partial charge is 0.325 e. The van der Waals surface area contributed by atoms with Gasteiger partial charge in [-0.3, -0.25) is 9.69 Å². The second-order valence-electron chi connectivity index (χ2n) is 8.12. The van der Waals surface area contributed by atoms with Gasteiger partial charge in [-0.2, -0.15) is 0 Å². The Kier molecular flexibility index (Phi) is 8.47. The molecule has 182 valence electrons. The van der Waals surface area contributed by atoms with Crippen LogP contribution in [0.4, 0.5) is 5.69 Å². The van der Waals surface area contributed by atoms with Crippen molar-refractivity contribution in [2.45, 2.75) is 48.2 Å². The molecule has 2 aromatic carbocycles. The zero-order valence-corrected chi connectivity index (χ0v) is 21.3. The van der Waals surface area contributed by atoms with E-state index in [4.69, 9.17) is 5.14 Å². The molecule has 0 fully saturated rings. The van der Waals surface area contributed by atoms with Crippen LogP contribution in [-0.4, -0.2) is 53.3 Å². The van der Waals surface area contributed by atoms with Crippen LogP contribution in [-0.2, 0) is 21.4 Å². The summed E-state index contributed by atoms with van der Waals surface area (Å²) in [6.07, 6.45) is 0.870. The molecule has 0 saturated heterocycles. The Balaban J connectivity index is 1.80. The average Bonchev–Trinajstić information content (AvgIpc) is 3.16. The van der Waals surface area contributed by atoms with Crippen LogP contribution in [0.5, 0.6) is 0 Å². The minimum atomic E-state index is -3.79. The lowest BCUT2D eigenvalue weighted by Gasteiger charge is -2.23. The Morgan fingerprint density at radius 2 is 1.76 bits per heavy atom. The smallest absolute Gasteiger partial charge is 0.238 e. The standard InChI is InChI=1S/C23H30N6O3S2/c1-5-20(28(3)4)21-26-27-23(29(21)15-17-9-7-6-8-10-17)33-16(2)22(30)25-18-11-13-19(14-12-18)34(24,31)32/h6-14,16,20H,5,15H2,1-4H3,(H,25,30)(H2,24,31,32)/t16-,20-/m1/s1. The first-order valence-corrected chi connectivity index (χ1v) is 13.3. The first-order valence-electron chi connectivity index (χ1n) is 10.8. The molecule has 0 bridgehead atoms. The third-order valence-corrected chi connectivity index (χ3v) is 7.35. The molecule has 0 aliphatic heterocycles. The maximum absolute atomic E-state index is 12.8. The van der Waals surface area contributed by atoms with Crippen LogP contribution >= 0.6 is 11.8 Å². The number of carbonyl (C=O) groups is 1.